The average molecular weight is 322 g/mol. The summed E-state index contributed by atoms with van der Waals surface area (Å²) in [4.78, 5) is 0.938. The topological polar surface area (TPSA) is 64.9 Å². The summed E-state index contributed by atoms with van der Waals surface area (Å²) in [6, 6.07) is 7.08. The highest BCUT2D eigenvalue weighted by molar-refractivity contribution is 7.05. The Kier molecular flexibility index (Phi) is 3.51. The number of furan rings is 1. The van der Waals surface area contributed by atoms with Crippen molar-refractivity contribution in [2.75, 3.05) is 0 Å². The van der Waals surface area contributed by atoms with Crippen molar-refractivity contribution in [2.24, 2.45) is 5.73 Å². The summed E-state index contributed by atoms with van der Waals surface area (Å²) in [5, 5.41) is 5.85. The van der Waals surface area contributed by atoms with Crippen molar-refractivity contribution < 1.29 is 4.42 Å². The lowest BCUT2D eigenvalue weighted by Crippen LogP contribution is -2.19. The van der Waals surface area contributed by atoms with Crippen molar-refractivity contribution in [3.8, 4) is 0 Å². The van der Waals surface area contributed by atoms with Gasteiger partial charge >= 0.3 is 0 Å². The molecule has 3 rings (SSSR count). The fourth-order valence-electron chi connectivity index (χ4n) is 2.24. The van der Waals surface area contributed by atoms with Gasteiger partial charge in [-0.1, -0.05) is 36.9 Å². The lowest BCUT2D eigenvalue weighted by atomic mass is 9.90. The van der Waals surface area contributed by atoms with Crippen LogP contribution in [0.3, 0.4) is 0 Å². The van der Waals surface area contributed by atoms with Crippen LogP contribution in [-0.2, 0) is 5.41 Å². The number of nitrogens with two attached hydrogens (primary N) is 1. The number of hydrogen-bond acceptors (Lipinski definition) is 5. The molecule has 0 spiro atoms. The summed E-state index contributed by atoms with van der Waals surface area (Å²) in [7, 11) is 0. The van der Waals surface area contributed by atoms with Gasteiger partial charge in [0, 0.05) is 15.8 Å². The summed E-state index contributed by atoms with van der Waals surface area (Å²) in [5.74, 6) is 0.698. The Morgan fingerprint density at radius 1 is 1.29 bits per heavy atom. The maximum atomic E-state index is 6.36. The molecule has 0 bridgehead atoms. The number of nitrogens with zero attached hydrogens (tertiary/aromatic N) is 2. The summed E-state index contributed by atoms with van der Waals surface area (Å²) < 4.78 is 9.90. The van der Waals surface area contributed by atoms with E-state index in [2.05, 4.69) is 30.4 Å². The molecule has 110 valence electrons. The van der Waals surface area contributed by atoms with E-state index < -0.39 is 0 Å². The van der Waals surface area contributed by atoms with E-state index >= 15 is 0 Å². The second-order valence-corrected chi connectivity index (χ2v) is 7.27. The minimum Gasteiger partial charge on any atom is -0.459 e. The molecule has 2 aromatic heterocycles. The molecule has 1 aromatic carbocycles. The molecule has 0 fully saturated rings. The van der Waals surface area contributed by atoms with Crippen LogP contribution in [0.5, 0.6) is 0 Å². The van der Waals surface area contributed by atoms with E-state index in [0.717, 1.165) is 21.5 Å². The Morgan fingerprint density at radius 2 is 2.05 bits per heavy atom. The van der Waals surface area contributed by atoms with Crippen molar-refractivity contribution in [3.05, 3.63) is 45.6 Å². The van der Waals surface area contributed by atoms with Gasteiger partial charge in [-0.25, -0.2) is 0 Å². The van der Waals surface area contributed by atoms with E-state index in [0.29, 0.717) is 10.8 Å². The van der Waals surface area contributed by atoms with Crippen molar-refractivity contribution in [3.63, 3.8) is 0 Å². The molecule has 4 nitrogen and oxygen atoms in total. The quantitative estimate of drug-likeness (QED) is 0.765. The van der Waals surface area contributed by atoms with E-state index in [1.807, 2.05) is 18.2 Å². The molecular formula is C15H16ClN3OS. The van der Waals surface area contributed by atoms with Gasteiger partial charge in [-0.05, 0) is 35.8 Å². The lowest BCUT2D eigenvalue weighted by Gasteiger charge is -2.18. The molecule has 6 heteroatoms. The molecule has 1 unspecified atom stereocenters. The van der Waals surface area contributed by atoms with Crippen LogP contribution in [0.15, 0.2) is 28.7 Å². The van der Waals surface area contributed by atoms with Crippen LogP contribution in [0.2, 0.25) is 5.02 Å². The molecule has 0 aliphatic heterocycles. The maximum absolute atomic E-state index is 6.36. The SMILES string of the molecule is CC(C)(C)c1nnsc1C(N)c1cc2cc(Cl)ccc2o1. The fourth-order valence-corrected chi connectivity index (χ4v) is 3.29. The van der Waals surface area contributed by atoms with E-state index in [-0.39, 0.29) is 11.5 Å². The molecule has 1 atom stereocenters. The van der Waals surface area contributed by atoms with Gasteiger partial charge in [-0.3, -0.25) is 0 Å². The van der Waals surface area contributed by atoms with Crippen LogP contribution < -0.4 is 5.73 Å². The highest BCUT2D eigenvalue weighted by atomic mass is 35.5. The molecule has 3 aromatic rings. The number of rotatable bonds is 2. The second kappa shape index (κ2) is 5.09. The summed E-state index contributed by atoms with van der Waals surface area (Å²) >= 11 is 7.32. The van der Waals surface area contributed by atoms with Crippen LogP contribution >= 0.6 is 23.1 Å². The lowest BCUT2D eigenvalue weighted by molar-refractivity contribution is 0.513. The Labute approximate surface area is 132 Å². The van der Waals surface area contributed by atoms with Gasteiger partial charge in [-0.2, -0.15) is 0 Å². The number of aromatic nitrogens is 2. The van der Waals surface area contributed by atoms with Crippen molar-refractivity contribution in [2.45, 2.75) is 32.2 Å². The van der Waals surface area contributed by atoms with E-state index in [1.54, 1.807) is 6.07 Å². The molecule has 0 saturated heterocycles. The first-order valence-corrected chi connectivity index (χ1v) is 7.78. The van der Waals surface area contributed by atoms with Crippen molar-refractivity contribution >= 4 is 34.1 Å². The smallest absolute Gasteiger partial charge is 0.134 e. The molecule has 0 radical (unpaired) electrons. The minimum atomic E-state index is -0.370. The molecule has 0 aliphatic rings. The second-order valence-electron chi connectivity index (χ2n) is 6.04. The van der Waals surface area contributed by atoms with Crippen molar-refractivity contribution in [1.29, 1.82) is 0 Å². The third-order valence-corrected chi connectivity index (χ3v) is 4.35. The predicted octanol–water partition coefficient (Wildman–Crippen LogP) is 4.28. The van der Waals surface area contributed by atoms with Crippen LogP contribution in [0, 0.1) is 0 Å². The highest BCUT2D eigenvalue weighted by Crippen LogP contribution is 2.34. The van der Waals surface area contributed by atoms with Crippen molar-refractivity contribution in [1.82, 2.24) is 9.59 Å². The first-order chi connectivity index (χ1) is 9.86. The zero-order chi connectivity index (χ0) is 15.2. The Morgan fingerprint density at radius 3 is 2.76 bits per heavy atom. The summed E-state index contributed by atoms with van der Waals surface area (Å²) in [5.41, 5.74) is 7.95. The van der Waals surface area contributed by atoms with E-state index in [9.17, 15) is 0 Å². The van der Waals surface area contributed by atoms with Gasteiger partial charge in [0.25, 0.3) is 0 Å². The fraction of sp³-hybridized carbons (Fsp3) is 0.333. The standard InChI is InChI=1S/C15H16ClN3OS/c1-15(2,3)14-13(21-19-18-14)12(17)11-7-8-6-9(16)4-5-10(8)20-11/h4-7,12H,17H2,1-3H3. The predicted molar refractivity (Wildman–Crippen MR) is 85.9 cm³/mol. The Balaban J connectivity index is 2.04. The van der Waals surface area contributed by atoms with Gasteiger partial charge in [0.15, 0.2) is 0 Å². The normalized spacial score (nSPS) is 13.8. The first kappa shape index (κ1) is 14.5. The molecule has 2 N–H and O–H groups in total. The Hall–Kier alpha value is -1.43. The number of benzene rings is 1. The number of hydrogen-bond donors (Lipinski definition) is 1. The van der Waals surface area contributed by atoms with Gasteiger partial charge in [0.2, 0.25) is 0 Å². The van der Waals surface area contributed by atoms with Gasteiger partial charge in [0.05, 0.1) is 10.6 Å². The van der Waals surface area contributed by atoms with E-state index in [1.165, 1.54) is 11.5 Å². The Bertz CT molecular complexity index is 788. The number of fused-ring (bicyclic) bond motifs is 1. The van der Waals surface area contributed by atoms with Crippen LogP contribution in [0.25, 0.3) is 11.0 Å². The maximum Gasteiger partial charge on any atom is 0.134 e. The molecule has 21 heavy (non-hydrogen) atoms. The van der Waals surface area contributed by atoms with Crippen LogP contribution in [-0.4, -0.2) is 9.59 Å². The zero-order valence-electron chi connectivity index (χ0n) is 12.1. The molecule has 2 heterocycles. The third kappa shape index (κ3) is 2.69. The average Bonchev–Trinajstić information content (AvgIpc) is 3.02. The van der Waals surface area contributed by atoms with Crippen LogP contribution in [0.1, 0.15) is 43.1 Å². The summed E-state index contributed by atoms with van der Waals surface area (Å²) in [6.45, 7) is 6.29. The zero-order valence-corrected chi connectivity index (χ0v) is 13.6. The molecular weight excluding hydrogens is 306 g/mol. The van der Waals surface area contributed by atoms with Gasteiger partial charge < -0.3 is 10.2 Å². The van der Waals surface area contributed by atoms with Gasteiger partial charge in [0.1, 0.15) is 17.4 Å². The third-order valence-electron chi connectivity index (χ3n) is 3.31. The van der Waals surface area contributed by atoms with Crippen LogP contribution in [0.4, 0.5) is 0 Å². The van der Waals surface area contributed by atoms with Gasteiger partial charge in [-0.15, -0.1) is 5.10 Å². The monoisotopic (exact) mass is 321 g/mol. The molecule has 0 amide bonds. The first-order valence-electron chi connectivity index (χ1n) is 6.63. The molecule has 0 saturated carbocycles. The summed E-state index contributed by atoms with van der Waals surface area (Å²) in [6.07, 6.45) is 0. The number of halogens is 1. The van der Waals surface area contributed by atoms with E-state index in [4.69, 9.17) is 21.8 Å². The molecule has 0 aliphatic carbocycles. The largest absolute Gasteiger partial charge is 0.459 e. The minimum absolute atomic E-state index is 0.102. The highest BCUT2D eigenvalue weighted by Gasteiger charge is 2.27.